The molecule has 0 radical (unpaired) electrons. The molecule has 114 valence electrons. The van der Waals surface area contributed by atoms with Crippen LogP contribution in [0.3, 0.4) is 0 Å². The highest BCUT2D eigenvalue weighted by Crippen LogP contribution is 2.28. The van der Waals surface area contributed by atoms with E-state index in [2.05, 4.69) is 12.2 Å². The van der Waals surface area contributed by atoms with Crippen molar-refractivity contribution < 1.29 is 17.9 Å². The van der Waals surface area contributed by atoms with Crippen molar-refractivity contribution in [1.82, 2.24) is 5.32 Å². The molecule has 0 saturated carbocycles. The van der Waals surface area contributed by atoms with Crippen molar-refractivity contribution in [2.45, 2.75) is 45.3 Å². The first-order chi connectivity index (χ1) is 9.48. The maximum Gasteiger partial charge on any atom is 0.392 e. The van der Waals surface area contributed by atoms with Crippen LogP contribution in [0, 0.1) is 0 Å². The summed E-state index contributed by atoms with van der Waals surface area (Å²) < 4.78 is 41.8. The van der Waals surface area contributed by atoms with Gasteiger partial charge in [-0.3, -0.25) is 0 Å². The second-order valence-electron chi connectivity index (χ2n) is 4.67. The van der Waals surface area contributed by atoms with E-state index in [1.54, 1.807) is 12.1 Å². The van der Waals surface area contributed by atoms with Gasteiger partial charge in [0.2, 0.25) is 0 Å². The van der Waals surface area contributed by atoms with E-state index in [9.17, 15) is 13.2 Å². The van der Waals surface area contributed by atoms with Gasteiger partial charge in [-0.15, -0.1) is 0 Å². The molecular weight excluding hydrogens is 267 g/mol. The smallest absolute Gasteiger partial charge is 0.392 e. The summed E-state index contributed by atoms with van der Waals surface area (Å²) in [6.07, 6.45) is -3.24. The van der Waals surface area contributed by atoms with Gasteiger partial charge in [0, 0.05) is 11.6 Å². The molecule has 0 aliphatic carbocycles. The molecule has 0 aliphatic heterocycles. The normalized spacial score (nSPS) is 13.2. The van der Waals surface area contributed by atoms with Crippen LogP contribution in [0.4, 0.5) is 13.2 Å². The van der Waals surface area contributed by atoms with E-state index >= 15 is 0 Å². The standard InChI is InChI=1S/C15H22F3NO/c1-3-10-19-13(4-2)12-7-5-6-8-14(12)20-11-9-15(16,17)18/h5-8,13,19H,3-4,9-11H2,1-2H3. The minimum absolute atomic E-state index is 0.108. The SMILES string of the molecule is CCCNC(CC)c1ccccc1OCCC(F)(F)F. The van der Waals surface area contributed by atoms with Gasteiger partial charge in [0.05, 0.1) is 13.0 Å². The van der Waals surface area contributed by atoms with Gasteiger partial charge in [-0.1, -0.05) is 32.0 Å². The molecule has 2 nitrogen and oxygen atoms in total. The lowest BCUT2D eigenvalue weighted by molar-refractivity contribution is -0.139. The predicted molar refractivity (Wildman–Crippen MR) is 73.9 cm³/mol. The number of alkyl halides is 3. The lowest BCUT2D eigenvalue weighted by Gasteiger charge is -2.20. The number of nitrogens with one attached hydrogen (secondary N) is 1. The van der Waals surface area contributed by atoms with E-state index in [-0.39, 0.29) is 12.6 Å². The van der Waals surface area contributed by atoms with Crippen LogP contribution in [0.25, 0.3) is 0 Å². The van der Waals surface area contributed by atoms with Crippen LogP contribution in [0.2, 0.25) is 0 Å². The predicted octanol–water partition coefficient (Wildman–Crippen LogP) is 4.47. The Morgan fingerprint density at radius 2 is 1.90 bits per heavy atom. The molecular formula is C15H22F3NO. The summed E-state index contributed by atoms with van der Waals surface area (Å²) >= 11 is 0. The summed E-state index contributed by atoms with van der Waals surface area (Å²) in [7, 11) is 0. The third kappa shape index (κ3) is 5.82. The summed E-state index contributed by atoms with van der Waals surface area (Å²) in [5.41, 5.74) is 0.922. The second kappa shape index (κ2) is 8.15. The highest BCUT2D eigenvalue weighted by atomic mass is 19.4. The molecule has 0 amide bonds. The molecule has 0 spiro atoms. The molecule has 1 aromatic carbocycles. The van der Waals surface area contributed by atoms with Gasteiger partial charge < -0.3 is 10.1 Å². The van der Waals surface area contributed by atoms with Crippen molar-refractivity contribution in [3.63, 3.8) is 0 Å². The molecule has 1 N–H and O–H groups in total. The Labute approximate surface area is 118 Å². The number of hydrogen-bond donors (Lipinski definition) is 1. The highest BCUT2D eigenvalue weighted by molar-refractivity contribution is 5.35. The highest BCUT2D eigenvalue weighted by Gasteiger charge is 2.27. The van der Waals surface area contributed by atoms with Gasteiger partial charge >= 0.3 is 6.18 Å². The third-order valence-corrected chi connectivity index (χ3v) is 2.99. The molecule has 0 fully saturated rings. The Balaban J connectivity index is 2.71. The van der Waals surface area contributed by atoms with E-state index in [1.165, 1.54) is 0 Å². The Morgan fingerprint density at radius 1 is 1.20 bits per heavy atom. The van der Waals surface area contributed by atoms with Gasteiger partial charge in [0.25, 0.3) is 0 Å². The van der Waals surface area contributed by atoms with Crippen molar-refractivity contribution in [3.8, 4) is 5.75 Å². The van der Waals surface area contributed by atoms with Gasteiger partial charge in [-0.25, -0.2) is 0 Å². The second-order valence-corrected chi connectivity index (χ2v) is 4.67. The van der Waals surface area contributed by atoms with Crippen LogP contribution in [0.15, 0.2) is 24.3 Å². The number of hydrogen-bond acceptors (Lipinski definition) is 2. The first kappa shape index (κ1) is 16.8. The molecule has 1 aromatic rings. The van der Waals surface area contributed by atoms with E-state index in [4.69, 9.17) is 4.74 Å². The van der Waals surface area contributed by atoms with Crippen molar-refractivity contribution in [1.29, 1.82) is 0 Å². The van der Waals surface area contributed by atoms with Crippen molar-refractivity contribution in [2.24, 2.45) is 0 Å². The molecule has 1 atom stereocenters. The summed E-state index contributed by atoms with van der Waals surface area (Å²) in [5, 5.41) is 3.38. The zero-order valence-electron chi connectivity index (χ0n) is 12.0. The van der Waals surface area contributed by atoms with Crippen molar-refractivity contribution in [3.05, 3.63) is 29.8 Å². The first-order valence-corrected chi connectivity index (χ1v) is 6.99. The number of rotatable bonds is 8. The maximum atomic E-state index is 12.2. The number of ether oxygens (including phenoxy) is 1. The van der Waals surface area contributed by atoms with Gasteiger partial charge in [-0.2, -0.15) is 13.2 Å². The summed E-state index contributed by atoms with van der Waals surface area (Å²) in [6.45, 7) is 4.64. The molecule has 0 aliphatic rings. The number of halogens is 3. The van der Waals surface area contributed by atoms with E-state index < -0.39 is 12.6 Å². The molecule has 20 heavy (non-hydrogen) atoms. The van der Waals surface area contributed by atoms with E-state index in [0.29, 0.717) is 5.75 Å². The summed E-state index contributed by atoms with van der Waals surface area (Å²) in [6, 6.07) is 7.39. The van der Waals surface area contributed by atoms with Gasteiger partial charge in [0.1, 0.15) is 5.75 Å². The van der Waals surface area contributed by atoms with Crippen LogP contribution >= 0.6 is 0 Å². The zero-order chi connectivity index (χ0) is 15.0. The van der Waals surface area contributed by atoms with Crippen molar-refractivity contribution in [2.75, 3.05) is 13.2 Å². The fourth-order valence-electron chi connectivity index (χ4n) is 1.97. The van der Waals surface area contributed by atoms with Crippen LogP contribution in [0.5, 0.6) is 5.75 Å². The number of benzene rings is 1. The topological polar surface area (TPSA) is 21.3 Å². The largest absolute Gasteiger partial charge is 0.493 e. The lowest BCUT2D eigenvalue weighted by Crippen LogP contribution is -2.22. The van der Waals surface area contributed by atoms with Gasteiger partial charge in [0.15, 0.2) is 0 Å². The van der Waals surface area contributed by atoms with Crippen LogP contribution in [0.1, 0.15) is 44.7 Å². The molecule has 0 bridgehead atoms. The minimum atomic E-state index is -4.18. The summed E-state index contributed by atoms with van der Waals surface area (Å²) in [4.78, 5) is 0. The average Bonchev–Trinajstić information content (AvgIpc) is 2.39. The Hall–Kier alpha value is -1.23. The zero-order valence-corrected chi connectivity index (χ0v) is 12.0. The van der Waals surface area contributed by atoms with Crippen molar-refractivity contribution >= 4 is 0 Å². The first-order valence-electron chi connectivity index (χ1n) is 6.99. The average molecular weight is 289 g/mol. The Bertz CT molecular complexity index is 393. The van der Waals surface area contributed by atoms with Crippen LogP contribution < -0.4 is 10.1 Å². The fraction of sp³-hybridized carbons (Fsp3) is 0.600. The minimum Gasteiger partial charge on any atom is -0.493 e. The maximum absolute atomic E-state index is 12.2. The van der Waals surface area contributed by atoms with E-state index in [1.807, 2.05) is 19.1 Å². The Kier molecular flexibility index (Phi) is 6.85. The van der Waals surface area contributed by atoms with Crippen LogP contribution in [-0.4, -0.2) is 19.3 Å². The van der Waals surface area contributed by atoms with E-state index in [0.717, 1.165) is 24.9 Å². The fourth-order valence-corrected chi connectivity index (χ4v) is 1.97. The number of para-hydroxylation sites is 1. The Morgan fingerprint density at radius 3 is 2.50 bits per heavy atom. The summed E-state index contributed by atoms with van der Waals surface area (Å²) in [5.74, 6) is 0.534. The lowest BCUT2D eigenvalue weighted by atomic mass is 10.0. The molecule has 0 heterocycles. The monoisotopic (exact) mass is 289 g/mol. The third-order valence-electron chi connectivity index (χ3n) is 2.99. The molecule has 1 unspecified atom stereocenters. The van der Waals surface area contributed by atoms with Gasteiger partial charge in [-0.05, 0) is 25.5 Å². The van der Waals surface area contributed by atoms with Crippen LogP contribution in [-0.2, 0) is 0 Å². The molecule has 1 rings (SSSR count). The quantitative estimate of drug-likeness (QED) is 0.762. The molecule has 5 heteroatoms. The molecule has 0 aromatic heterocycles. The molecule has 0 saturated heterocycles.